The lowest BCUT2D eigenvalue weighted by molar-refractivity contribution is 0.0651. The highest BCUT2D eigenvalue weighted by molar-refractivity contribution is 5.74. The summed E-state index contributed by atoms with van der Waals surface area (Å²) < 4.78 is 39.4. The summed E-state index contributed by atoms with van der Waals surface area (Å²) in [6, 6.07) is 5.92. The Hall–Kier alpha value is -2.51. The second-order valence-corrected chi connectivity index (χ2v) is 6.33. The van der Waals surface area contributed by atoms with Crippen LogP contribution < -0.4 is 5.32 Å². The minimum absolute atomic E-state index is 0.0211. The van der Waals surface area contributed by atoms with Gasteiger partial charge in [-0.25, -0.2) is 14.2 Å². The first-order valence-electron chi connectivity index (χ1n) is 7.96. The van der Waals surface area contributed by atoms with Crippen molar-refractivity contribution in [1.82, 2.24) is 19.8 Å². The van der Waals surface area contributed by atoms with E-state index in [1.807, 2.05) is 0 Å². The molecule has 1 saturated carbocycles. The van der Waals surface area contributed by atoms with Gasteiger partial charge >= 0.3 is 12.6 Å². The molecule has 2 amide bonds. The average molecular weight is 352 g/mol. The van der Waals surface area contributed by atoms with Gasteiger partial charge in [0.1, 0.15) is 11.6 Å². The minimum atomic E-state index is -2.69. The number of urea groups is 1. The summed E-state index contributed by atoms with van der Waals surface area (Å²) >= 11 is 0. The predicted molar refractivity (Wildman–Crippen MR) is 85.7 cm³/mol. The molecule has 134 valence electrons. The van der Waals surface area contributed by atoms with E-state index in [0.717, 1.165) is 23.0 Å². The number of hydrogen-bond donors (Lipinski definition) is 1. The van der Waals surface area contributed by atoms with Crippen molar-refractivity contribution in [3.8, 4) is 0 Å². The van der Waals surface area contributed by atoms with Gasteiger partial charge in [0.25, 0.3) is 0 Å². The number of nitrogens with one attached hydrogen (secondary N) is 1. The molecule has 0 atom stereocenters. The van der Waals surface area contributed by atoms with E-state index in [9.17, 15) is 18.0 Å². The SMILES string of the molecule is CN(Cc1nccn1C(F)F)C(=O)NCC1(c2ccc(F)cc2)CC1. The normalized spacial score (nSPS) is 15.2. The second kappa shape index (κ2) is 6.78. The van der Waals surface area contributed by atoms with Crippen molar-refractivity contribution >= 4 is 6.03 Å². The van der Waals surface area contributed by atoms with Crippen LogP contribution in [0.2, 0.25) is 0 Å². The average Bonchev–Trinajstić information content (AvgIpc) is 3.23. The van der Waals surface area contributed by atoms with Crippen LogP contribution in [0.15, 0.2) is 36.7 Å². The number of carbonyl (C=O) groups is 1. The Bertz CT molecular complexity index is 741. The van der Waals surface area contributed by atoms with Gasteiger partial charge in [-0.05, 0) is 30.5 Å². The van der Waals surface area contributed by atoms with Crippen molar-refractivity contribution in [3.05, 3.63) is 53.9 Å². The molecule has 1 aliphatic rings. The molecule has 1 fully saturated rings. The number of alkyl halides is 2. The van der Waals surface area contributed by atoms with Crippen LogP contribution in [-0.2, 0) is 12.0 Å². The summed E-state index contributed by atoms with van der Waals surface area (Å²) in [6.07, 6.45) is 4.29. The standard InChI is InChI=1S/C17H19F3N4O/c1-23(10-14-21-8-9-24(14)15(19)20)16(25)22-11-17(6-7-17)12-2-4-13(18)5-3-12/h2-5,8-9,15H,6-7,10-11H2,1H3,(H,22,25). The van der Waals surface area contributed by atoms with Gasteiger partial charge in [0.05, 0.1) is 6.54 Å². The second-order valence-electron chi connectivity index (χ2n) is 6.33. The number of benzene rings is 1. The number of rotatable bonds is 6. The minimum Gasteiger partial charge on any atom is -0.337 e. The molecular formula is C17H19F3N4O. The van der Waals surface area contributed by atoms with E-state index in [2.05, 4.69) is 10.3 Å². The Morgan fingerprint density at radius 1 is 1.36 bits per heavy atom. The van der Waals surface area contributed by atoms with Crippen molar-refractivity contribution in [2.75, 3.05) is 13.6 Å². The molecule has 0 spiro atoms. The topological polar surface area (TPSA) is 50.2 Å². The lowest BCUT2D eigenvalue weighted by atomic mass is 9.96. The fraction of sp³-hybridized carbons (Fsp3) is 0.412. The van der Waals surface area contributed by atoms with Crippen LogP contribution in [0.3, 0.4) is 0 Å². The van der Waals surface area contributed by atoms with Crippen molar-refractivity contribution in [2.45, 2.75) is 31.4 Å². The van der Waals surface area contributed by atoms with E-state index in [1.165, 1.54) is 36.5 Å². The van der Waals surface area contributed by atoms with E-state index < -0.39 is 6.55 Å². The van der Waals surface area contributed by atoms with Gasteiger partial charge < -0.3 is 10.2 Å². The van der Waals surface area contributed by atoms with Crippen LogP contribution in [0.1, 0.15) is 30.8 Å². The largest absolute Gasteiger partial charge is 0.337 e. The van der Waals surface area contributed by atoms with Gasteiger partial charge in [-0.1, -0.05) is 12.1 Å². The first kappa shape index (κ1) is 17.3. The Kier molecular flexibility index (Phi) is 4.69. The highest BCUT2D eigenvalue weighted by Crippen LogP contribution is 2.47. The summed E-state index contributed by atoms with van der Waals surface area (Å²) in [6.45, 7) is -2.29. The van der Waals surface area contributed by atoms with Gasteiger partial charge in [-0.3, -0.25) is 4.57 Å². The molecule has 0 unspecified atom stereocenters. The van der Waals surface area contributed by atoms with E-state index in [1.54, 1.807) is 12.1 Å². The van der Waals surface area contributed by atoms with Crippen LogP contribution in [-0.4, -0.2) is 34.1 Å². The molecular weight excluding hydrogens is 333 g/mol. The Labute approximate surface area is 143 Å². The molecule has 1 heterocycles. The molecule has 0 bridgehead atoms. The monoisotopic (exact) mass is 352 g/mol. The summed E-state index contributed by atoms with van der Waals surface area (Å²) in [5, 5.41) is 2.83. The van der Waals surface area contributed by atoms with E-state index in [0.29, 0.717) is 6.54 Å². The van der Waals surface area contributed by atoms with Gasteiger partial charge in [-0.2, -0.15) is 8.78 Å². The molecule has 1 N–H and O–H groups in total. The third-order valence-electron chi connectivity index (χ3n) is 4.57. The van der Waals surface area contributed by atoms with Crippen LogP contribution in [0, 0.1) is 5.82 Å². The number of imidazole rings is 1. The number of halogens is 3. The molecule has 1 aliphatic carbocycles. The van der Waals surface area contributed by atoms with Crippen LogP contribution in [0.5, 0.6) is 0 Å². The van der Waals surface area contributed by atoms with Gasteiger partial charge in [-0.15, -0.1) is 0 Å². The van der Waals surface area contributed by atoms with E-state index in [-0.39, 0.29) is 29.6 Å². The Morgan fingerprint density at radius 3 is 2.64 bits per heavy atom. The van der Waals surface area contributed by atoms with E-state index >= 15 is 0 Å². The molecule has 2 aromatic rings. The first-order chi connectivity index (χ1) is 11.9. The molecule has 0 aliphatic heterocycles. The first-order valence-corrected chi connectivity index (χ1v) is 7.96. The van der Waals surface area contributed by atoms with Crippen LogP contribution in [0.4, 0.5) is 18.0 Å². The van der Waals surface area contributed by atoms with Gasteiger partial charge in [0, 0.05) is 31.4 Å². The molecule has 0 saturated heterocycles. The molecule has 5 nitrogen and oxygen atoms in total. The quantitative estimate of drug-likeness (QED) is 0.867. The molecule has 0 radical (unpaired) electrons. The fourth-order valence-electron chi connectivity index (χ4n) is 2.83. The lowest BCUT2D eigenvalue weighted by Crippen LogP contribution is -2.41. The van der Waals surface area contributed by atoms with Crippen molar-refractivity contribution in [2.24, 2.45) is 0 Å². The maximum Gasteiger partial charge on any atom is 0.319 e. The molecule has 8 heteroatoms. The third kappa shape index (κ3) is 3.78. The summed E-state index contributed by atoms with van der Waals surface area (Å²) in [5.41, 5.74) is 0.830. The maximum atomic E-state index is 13.0. The predicted octanol–water partition coefficient (Wildman–Crippen LogP) is 3.29. The summed E-state index contributed by atoms with van der Waals surface area (Å²) in [7, 11) is 1.53. The van der Waals surface area contributed by atoms with Crippen LogP contribution >= 0.6 is 0 Å². The van der Waals surface area contributed by atoms with Crippen molar-refractivity contribution in [1.29, 1.82) is 0 Å². The summed E-state index contributed by atoms with van der Waals surface area (Å²) in [4.78, 5) is 17.4. The third-order valence-corrected chi connectivity index (χ3v) is 4.57. The number of aromatic nitrogens is 2. The van der Waals surface area contributed by atoms with E-state index in [4.69, 9.17) is 0 Å². The number of amides is 2. The van der Waals surface area contributed by atoms with Crippen molar-refractivity contribution in [3.63, 3.8) is 0 Å². The Balaban J connectivity index is 1.57. The molecule has 25 heavy (non-hydrogen) atoms. The highest BCUT2D eigenvalue weighted by Gasteiger charge is 2.44. The molecule has 1 aromatic carbocycles. The van der Waals surface area contributed by atoms with Gasteiger partial charge in [0.2, 0.25) is 0 Å². The number of nitrogens with zero attached hydrogens (tertiary/aromatic N) is 3. The lowest BCUT2D eigenvalue weighted by Gasteiger charge is -2.21. The van der Waals surface area contributed by atoms with Crippen molar-refractivity contribution < 1.29 is 18.0 Å². The zero-order chi connectivity index (χ0) is 18.0. The zero-order valence-corrected chi connectivity index (χ0v) is 13.8. The Morgan fingerprint density at radius 2 is 2.04 bits per heavy atom. The maximum absolute atomic E-state index is 13.0. The zero-order valence-electron chi connectivity index (χ0n) is 13.8. The number of hydrogen-bond acceptors (Lipinski definition) is 2. The highest BCUT2D eigenvalue weighted by atomic mass is 19.3. The molecule has 3 rings (SSSR count). The number of carbonyl (C=O) groups excluding carboxylic acids is 1. The van der Waals surface area contributed by atoms with Crippen LogP contribution in [0.25, 0.3) is 0 Å². The van der Waals surface area contributed by atoms with Gasteiger partial charge in [0.15, 0.2) is 0 Å². The fourth-order valence-corrected chi connectivity index (χ4v) is 2.83. The smallest absolute Gasteiger partial charge is 0.319 e. The molecule has 1 aromatic heterocycles. The summed E-state index contributed by atoms with van der Waals surface area (Å²) in [5.74, 6) is -0.176.